The van der Waals surface area contributed by atoms with E-state index in [9.17, 15) is 0 Å². The van der Waals surface area contributed by atoms with E-state index in [-0.39, 0.29) is 5.57 Å². The first-order chi connectivity index (χ1) is 9.74. The maximum Gasteiger partial charge on any atom is 0.129 e. The van der Waals surface area contributed by atoms with Crippen molar-refractivity contribution in [3.05, 3.63) is 53.1 Å². The average Bonchev–Trinajstić information content (AvgIpc) is 2.99. The van der Waals surface area contributed by atoms with Crippen LogP contribution in [0.5, 0.6) is 0 Å². The lowest BCUT2D eigenvalue weighted by Gasteiger charge is -2.21. The van der Waals surface area contributed by atoms with Crippen molar-refractivity contribution in [3.63, 3.8) is 0 Å². The molecule has 0 atom stereocenters. The minimum atomic E-state index is 0.133. The van der Waals surface area contributed by atoms with E-state index in [1.165, 1.54) is 18.4 Å². The van der Waals surface area contributed by atoms with Crippen molar-refractivity contribution >= 4 is 5.70 Å². The SMILES string of the molecule is Cc1ccc(C(=CC=C(C#N)C#N)N2CCCC2)cc1. The van der Waals surface area contributed by atoms with Gasteiger partial charge in [-0.05, 0) is 37.5 Å². The number of benzene rings is 1. The summed E-state index contributed by atoms with van der Waals surface area (Å²) >= 11 is 0. The van der Waals surface area contributed by atoms with Crippen LogP contribution in [-0.2, 0) is 0 Å². The fraction of sp³-hybridized carbons (Fsp3) is 0.294. The monoisotopic (exact) mass is 263 g/mol. The molecule has 1 heterocycles. The van der Waals surface area contributed by atoms with Crippen LogP contribution in [0, 0.1) is 29.6 Å². The average molecular weight is 263 g/mol. The highest BCUT2D eigenvalue weighted by molar-refractivity contribution is 5.67. The number of allylic oxidation sites excluding steroid dienone is 3. The van der Waals surface area contributed by atoms with Gasteiger partial charge in [-0.3, -0.25) is 0 Å². The Bertz CT molecular complexity index is 587. The fourth-order valence-corrected chi connectivity index (χ4v) is 2.33. The Kier molecular flexibility index (Phi) is 4.58. The third-order valence-corrected chi connectivity index (χ3v) is 3.44. The van der Waals surface area contributed by atoms with Gasteiger partial charge in [0.05, 0.1) is 0 Å². The molecule has 1 aromatic carbocycles. The highest BCUT2D eigenvalue weighted by Gasteiger charge is 2.15. The minimum absolute atomic E-state index is 0.133. The van der Waals surface area contributed by atoms with Crippen LogP contribution in [0.25, 0.3) is 5.70 Å². The van der Waals surface area contributed by atoms with Gasteiger partial charge in [0.15, 0.2) is 0 Å². The molecule has 0 spiro atoms. The van der Waals surface area contributed by atoms with Gasteiger partial charge in [-0.25, -0.2) is 0 Å². The lowest BCUT2D eigenvalue weighted by molar-refractivity contribution is 0.493. The van der Waals surface area contributed by atoms with E-state index in [0.717, 1.165) is 24.4 Å². The third-order valence-electron chi connectivity index (χ3n) is 3.44. The predicted molar refractivity (Wildman–Crippen MR) is 79.3 cm³/mol. The molecule has 1 aliphatic rings. The van der Waals surface area contributed by atoms with Gasteiger partial charge in [0.25, 0.3) is 0 Å². The van der Waals surface area contributed by atoms with Crippen molar-refractivity contribution < 1.29 is 0 Å². The van der Waals surface area contributed by atoms with Gasteiger partial charge in [0.1, 0.15) is 17.7 Å². The van der Waals surface area contributed by atoms with E-state index < -0.39 is 0 Å². The number of hydrogen-bond acceptors (Lipinski definition) is 3. The van der Waals surface area contributed by atoms with Crippen LogP contribution in [0.2, 0.25) is 0 Å². The Labute approximate surface area is 120 Å². The summed E-state index contributed by atoms with van der Waals surface area (Å²) in [5, 5.41) is 17.7. The summed E-state index contributed by atoms with van der Waals surface area (Å²) in [5.74, 6) is 0. The molecule has 0 bridgehead atoms. The summed E-state index contributed by atoms with van der Waals surface area (Å²) in [4.78, 5) is 2.31. The van der Waals surface area contributed by atoms with Crippen LogP contribution < -0.4 is 0 Å². The summed E-state index contributed by atoms with van der Waals surface area (Å²) in [6, 6.07) is 12.1. The Morgan fingerprint density at radius 3 is 2.20 bits per heavy atom. The normalized spacial score (nSPS) is 14.6. The molecule has 1 fully saturated rings. The number of aryl methyl sites for hydroxylation is 1. The number of rotatable bonds is 3. The minimum Gasteiger partial charge on any atom is -0.371 e. The van der Waals surface area contributed by atoms with E-state index >= 15 is 0 Å². The summed E-state index contributed by atoms with van der Waals surface area (Å²) < 4.78 is 0. The van der Waals surface area contributed by atoms with Crippen LogP contribution >= 0.6 is 0 Å². The fourth-order valence-electron chi connectivity index (χ4n) is 2.33. The van der Waals surface area contributed by atoms with Gasteiger partial charge in [-0.2, -0.15) is 10.5 Å². The molecular formula is C17H17N3. The second-order valence-corrected chi connectivity index (χ2v) is 4.92. The molecule has 1 aliphatic heterocycles. The van der Waals surface area contributed by atoms with Crippen LogP contribution in [0.15, 0.2) is 42.0 Å². The summed E-state index contributed by atoms with van der Waals surface area (Å²) in [7, 11) is 0. The second kappa shape index (κ2) is 6.59. The number of nitriles is 2. The zero-order chi connectivity index (χ0) is 14.4. The highest BCUT2D eigenvalue weighted by atomic mass is 15.1. The van der Waals surface area contributed by atoms with Crippen LogP contribution in [0.4, 0.5) is 0 Å². The Morgan fingerprint density at radius 1 is 1.05 bits per heavy atom. The maximum atomic E-state index is 8.83. The number of likely N-dealkylation sites (tertiary alicyclic amines) is 1. The largest absolute Gasteiger partial charge is 0.371 e. The molecule has 2 rings (SSSR count). The van der Waals surface area contributed by atoms with E-state index in [1.54, 1.807) is 6.08 Å². The third kappa shape index (κ3) is 3.28. The predicted octanol–water partition coefficient (Wildman–Crippen LogP) is 3.41. The molecular weight excluding hydrogens is 246 g/mol. The summed E-state index contributed by atoms with van der Waals surface area (Å²) in [6.07, 6.45) is 5.87. The van der Waals surface area contributed by atoms with Gasteiger partial charge < -0.3 is 4.90 Å². The Hall–Kier alpha value is -2.52. The molecule has 0 N–H and O–H groups in total. The lowest BCUT2D eigenvalue weighted by Crippen LogP contribution is -2.17. The molecule has 1 saturated heterocycles. The van der Waals surface area contributed by atoms with E-state index in [0.29, 0.717) is 0 Å². The molecule has 0 amide bonds. The van der Waals surface area contributed by atoms with Crippen molar-refractivity contribution in [2.24, 2.45) is 0 Å². The molecule has 0 aliphatic carbocycles. The van der Waals surface area contributed by atoms with Gasteiger partial charge in [0, 0.05) is 18.8 Å². The topological polar surface area (TPSA) is 50.8 Å². The number of nitrogens with zero attached hydrogens (tertiary/aromatic N) is 3. The van der Waals surface area contributed by atoms with Crippen LogP contribution in [-0.4, -0.2) is 18.0 Å². The number of hydrogen-bond donors (Lipinski definition) is 0. The Balaban J connectivity index is 2.37. The van der Waals surface area contributed by atoms with E-state index in [1.807, 2.05) is 18.2 Å². The van der Waals surface area contributed by atoms with Crippen molar-refractivity contribution in [2.75, 3.05) is 13.1 Å². The van der Waals surface area contributed by atoms with Gasteiger partial charge in [-0.1, -0.05) is 29.8 Å². The zero-order valence-electron chi connectivity index (χ0n) is 11.6. The van der Waals surface area contributed by atoms with Crippen LogP contribution in [0.3, 0.4) is 0 Å². The molecule has 3 nitrogen and oxygen atoms in total. The lowest BCUT2D eigenvalue weighted by atomic mass is 10.1. The first kappa shape index (κ1) is 13.9. The molecule has 3 heteroatoms. The van der Waals surface area contributed by atoms with E-state index in [2.05, 4.69) is 36.1 Å². The maximum absolute atomic E-state index is 8.83. The quantitative estimate of drug-likeness (QED) is 0.620. The standard InChI is InChI=1S/C17H17N3/c1-14-4-7-16(8-5-14)17(20-10-2-3-11-20)9-6-15(12-18)13-19/h4-9H,2-3,10-11H2,1H3. The van der Waals surface area contributed by atoms with Crippen molar-refractivity contribution in [2.45, 2.75) is 19.8 Å². The molecule has 0 aromatic heterocycles. The smallest absolute Gasteiger partial charge is 0.129 e. The molecule has 0 unspecified atom stereocenters. The van der Waals surface area contributed by atoms with Crippen LogP contribution in [0.1, 0.15) is 24.0 Å². The zero-order valence-corrected chi connectivity index (χ0v) is 11.6. The second-order valence-electron chi connectivity index (χ2n) is 4.92. The molecule has 20 heavy (non-hydrogen) atoms. The first-order valence-electron chi connectivity index (χ1n) is 6.79. The van der Waals surface area contributed by atoms with Crippen molar-refractivity contribution in [1.82, 2.24) is 4.90 Å². The molecule has 0 saturated carbocycles. The summed E-state index contributed by atoms with van der Waals surface area (Å²) in [6.45, 7) is 4.12. The van der Waals surface area contributed by atoms with Gasteiger partial charge in [-0.15, -0.1) is 0 Å². The summed E-state index contributed by atoms with van der Waals surface area (Å²) in [5.41, 5.74) is 3.57. The van der Waals surface area contributed by atoms with Crippen molar-refractivity contribution in [3.8, 4) is 12.1 Å². The van der Waals surface area contributed by atoms with Gasteiger partial charge >= 0.3 is 0 Å². The Morgan fingerprint density at radius 2 is 1.65 bits per heavy atom. The van der Waals surface area contributed by atoms with E-state index in [4.69, 9.17) is 10.5 Å². The first-order valence-corrected chi connectivity index (χ1v) is 6.79. The molecule has 100 valence electrons. The van der Waals surface area contributed by atoms with Gasteiger partial charge in [0.2, 0.25) is 0 Å². The highest BCUT2D eigenvalue weighted by Crippen LogP contribution is 2.24. The molecule has 1 aromatic rings. The van der Waals surface area contributed by atoms with Crippen molar-refractivity contribution in [1.29, 1.82) is 10.5 Å². The molecule has 0 radical (unpaired) electrons.